The van der Waals surface area contributed by atoms with Crippen molar-refractivity contribution >= 4 is 19.9 Å². The maximum atomic E-state index is 11.1. The van der Waals surface area contributed by atoms with E-state index >= 15 is 0 Å². The quantitative estimate of drug-likeness (QED) is 0.648. The van der Waals surface area contributed by atoms with Gasteiger partial charge in [-0.25, -0.2) is 4.79 Å². The number of urea groups is 1. The second kappa shape index (κ2) is 6.01. The van der Waals surface area contributed by atoms with E-state index in [9.17, 15) is 4.79 Å². The molecule has 0 aliphatic rings. The highest BCUT2D eigenvalue weighted by molar-refractivity contribution is 7.55. The first-order valence-corrected chi connectivity index (χ1v) is 6.23. The molecule has 0 aliphatic heterocycles. The molecule has 2 unspecified atom stereocenters. The molecule has 0 fully saturated rings. The van der Waals surface area contributed by atoms with Crippen molar-refractivity contribution in [2.24, 2.45) is 0 Å². The molecule has 0 radical (unpaired) electrons. The summed E-state index contributed by atoms with van der Waals surface area (Å²) in [5.41, 5.74) is 0. The van der Waals surface area contributed by atoms with E-state index in [1.165, 1.54) is 0 Å². The van der Waals surface area contributed by atoms with Gasteiger partial charge in [-0.15, -0.1) is 0 Å². The van der Waals surface area contributed by atoms with Gasteiger partial charge in [-0.2, -0.15) is 0 Å². The lowest BCUT2D eigenvalue weighted by Gasteiger charge is -2.09. The summed E-state index contributed by atoms with van der Waals surface area (Å²) in [6, 6.07) is -0.0812. The first-order chi connectivity index (χ1) is 5.61. The van der Waals surface area contributed by atoms with Crippen LogP contribution in [0.4, 0.5) is 4.79 Å². The molecule has 3 nitrogen and oxygen atoms in total. The molecule has 0 heterocycles. The van der Waals surface area contributed by atoms with Crippen molar-refractivity contribution in [3.8, 4) is 0 Å². The Labute approximate surface area is 75.3 Å². The second-order valence-electron chi connectivity index (χ2n) is 2.68. The molecule has 4 heteroatoms. The van der Waals surface area contributed by atoms with Gasteiger partial charge in [0.25, 0.3) is 0 Å². The highest BCUT2D eigenvalue weighted by atomic mass is 31.1. The molecule has 0 bridgehead atoms. The average molecular weight is 189 g/mol. The normalized spacial score (nSPS) is 13.4. The van der Waals surface area contributed by atoms with Crippen molar-refractivity contribution < 1.29 is 4.79 Å². The number of nitrogens with one attached hydrogen (secondary N) is 2. The smallest absolute Gasteiger partial charge is 0.318 e. The zero-order valence-corrected chi connectivity index (χ0v) is 8.95. The second-order valence-corrected chi connectivity index (χ2v) is 4.82. The first kappa shape index (κ1) is 11.4. The van der Waals surface area contributed by atoms with E-state index in [-0.39, 0.29) is 19.4 Å². The van der Waals surface area contributed by atoms with Crippen LogP contribution >= 0.6 is 7.55 Å². The molecule has 12 heavy (non-hydrogen) atoms. The Kier molecular flexibility index (Phi) is 5.73. The molecule has 0 saturated carbocycles. The summed E-state index contributed by atoms with van der Waals surface area (Å²) in [7, 11) is -0.329. The Morgan fingerprint density at radius 3 is 2.50 bits per heavy atom. The Morgan fingerprint density at radius 1 is 1.58 bits per heavy atom. The molecule has 70 valence electrons. The van der Waals surface area contributed by atoms with Crippen molar-refractivity contribution in [3.05, 3.63) is 0 Å². The standard InChI is InChI=1S/C8H17N2OP/c1-5-7(12(3)4)10-8(11)9-6-2/h7H,3,5-6H2,1-2,4H3,(H-,9,10,11)/p+1. The van der Waals surface area contributed by atoms with Crippen LogP contribution in [0.1, 0.15) is 20.3 Å². The monoisotopic (exact) mass is 189 g/mol. The van der Waals surface area contributed by atoms with Gasteiger partial charge in [-0.1, -0.05) is 6.92 Å². The maximum absolute atomic E-state index is 11.1. The van der Waals surface area contributed by atoms with Crippen LogP contribution < -0.4 is 10.6 Å². The van der Waals surface area contributed by atoms with Gasteiger partial charge < -0.3 is 5.32 Å². The van der Waals surface area contributed by atoms with Gasteiger partial charge in [0.15, 0.2) is 5.78 Å². The van der Waals surface area contributed by atoms with Crippen molar-refractivity contribution in [3.63, 3.8) is 0 Å². The van der Waals surface area contributed by atoms with E-state index in [0.717, 1.165) is 6.42 Å². The molecular weight excluding hydrogens is 171 g/mol. The fraction of sp³-hybridized carbons (Fsp3) is 0.750. The molecule has 0 aromatic heterocycles. The van der Waals surface area contributed by atoms with Crippen LogP contribution in [0.5, 0.6) is 0 Å². The topological polar surface area (TPSA) is 41.1 Å². The molecule has 2 N–H and O–H groups in total. The minimum Gasteiger partial charge on any atom is -0.338 e. The number of hydrogen-bond donors (Lipinski definition) is 2. The predicted octanol–water partition coefficient (Wildman–Crippen LogP) is 1.59. The van der Waals surface area contributed by atoms with E-state index in [0.29, 0.717) is 6.54 Å². The van der Waals surface area contributed by atoms with Gasteiger partial charge in [0.1, 0.15) is 7.55 Å². The summed E-state index contributed by atoms with van der Waals surface area (Å²) in [6.45, 7) is 6.69. The van der Waals surface area contributed by atoms with Gasteiger partial charge in [0, 0.05) is 13.0 Å². The average Bonchev–Trinajstić information content (AvgIpc) is 2.00. The fourth-order valence-electron chi connectivity index (χ4n) is 0.887. The SMILES string of the molecule is C=[P+](C)C(CC)NC(=O)NCC. The Hall–Kier alpha value is -0.560. The molecule has 0 rings (SSSR count). The van der Waals surface area contributed by atoms with Gasteiger partial charge >= 0.3 is 6.03 Å². The van der Waals surface area contributed by atoms with E-state index in [1.54, 1.807) is 0 Å². The largest absolute Gasteiger partial charge is 0.338 e. The molecule has 0 aromatic carbocycles. The van der Waals surface area contributed by atoms with Crippen LogP contribution in [-0.2, 0) is 0 Å². The molecule has 2 amide bonds. The van der Waals surface area contributed by atoms with E-state index < -0.39 is 0 Å². The van der Waals surface area contributed by atoms with Crippen molar-refractivity contribution in [1.29, 1.82) is 0 Å². The minimum atomic E-state index is -0.329. The van der Waals surface area contributed by atoms with Crippen molar-refractivity contribution in [1.82, 2.24) is 10.6 Å². The fourth-order valence-corrected chi connectivity index (χ4v) is 1.85. The van der Waals surface area contributed by atoms with E-state index in [2.05, 4.69) is 30.5 Å². The molecule has 0 saturated heterocycles. The lowest BCUT2D eigenvalue weighted by Crippen LogP contribution is -2.40. The number of amides is 2. The van der Waals surface area contributed by atoms with Crippen LogP contribution in [0.3, 0.4) is 0 Å². The van der Waals surface area contributed by atoms with Crippen LogP contribution in [0.2, 0.25) is 0 Å². The molecule has 0 spiro atoms. The third-order valence-electron chi connectivity index (χ3n) is 1.55. The molecular formula is C8H18N2OP+. The summed E-state index contributed by atoms with van der Waals surface area (Å²) in [5, 5.41) is 5.58. The zero-order valence-electron chi connectivity index (χ0n) is 8.05. The summed E-state index contributed by atoms with van der Waals surface area (Å²) in [5.74, 6) is 0.242. The zero-order chi connectivity index (χ0) is 9.56. The lowest BCUT2D eigenvalue weighted by molar-refractivity contribution is 0.240. The number of carbonyl (C=O) groups excluding carboxylic acids is 1. The molecule has 2 atom stereocenters. The first-order valence-electron chi connectivity index (χ1n) is 4.19. The third kappa shape index (κ3) is 4.35. The summed E-state index contributed by atoms with van der Waals surface area (Å²) in [6.07, 6.45) is 4.89. The van der Waals surface area contributed by atoms with E-state index in [4.69, 9.17) is 0 Å². The Morgan fingerprint density at radius 2 is 2.17 bits per heavy atom. The van der Waals surface area contributed by atoms with Crippen LogP contribution in [0.15, 0.2) is 0 Å². The van der Waals surface area contributed by atoms with Gasteiger partial charge in [-0.05, 0) is 6.92 Å². The predicted molar refractivity (Wildman–Crippen MR) is 56.3 cm³/mol. The van der Waals surface area contributed by atoms with Crippen molar-refractivity contribution in [2.75, 3.05) is 13.2 Å². The minimum absolute atomic E-state index is 0.0812. The summed E-state index contributed by atoms with van der Waals surface area (Å²) < 4.78 is 0. The molecule has 0 aromatic rings. The number of rotatable bonds is 4. The number of carbonyl (C=O) groups is 1. The highest BCUT2D eigenvalue weighted by Crippen LogP contribution is 2.21. The Balaban J connectivity index is 3.85. The number of hydrogen-bond acceptors (Lipinski definition) is 1. The summed E-state index contributed by atoms with van der Waals surface area (Å²) >= 11 is 0. The highest BCUT2D eigenvalue weighted by Gasteiger charge is 2.17. The molecule has 0 aliphatic carbocycles. The Bertz CT molecular complexity index is 170. The van der Waals surface area contributed by atoms with Gasteiger partial charge in [-0.3, -0.25) is 5.32 Å². The van der Waals surface area contributed by atoms with Gasteiger partial charge in [0.05, 0.1) is 13.0 Å². The summed E-state index contributed by atoms with van der Waals surface area (Å²) in [4.78, 5) is 11.1. The van der Waals surface area contributed by atoms with Crippen LogP contribution in [0.25, 0.3) is 0 Å². The van der Waals surface area contributed by atoms with Crippen LogP contribution in [-0.4, -0.2) is 31.3 Å². The maximum Gasteiger partial charge on any atom is 0.318 e. The van der Waals surface area contributed by atoms with Crippen LogP contribution in [0, 0.1) is 0 Å². The van der Waals surface area contributed by atoms with Gasteiger partial charge in [0.2, 0.25) is 0 Å². The third-order valence-corrected chi connectivity index (χ3v) is 3.11. The van der Waals surface area contributed by atoms with E-state index in [1.807, 2.05) is 6.92 Å². The lowest BCUT2D eigenvalue weighted by atomic mass is 10.5. The van der Waals surface area contributed by atoms with Crippen molar-refractivity contribution in [2.45, 2.75) is 26.1 Å².